The van der Waals surface area contributed by atoms with Crippen LogP contribution in [0.5, 0.6) is 5.75 Å². The zero-order valence-electron chi connectivity index (χ0n) is 13.6. The standard InChI is InChI=1S/C18H12Cl2F2N4O/c19-11-3-1-10(2-4-11)15-8-14(25-18-23-9-24-26(15)18)13-6-5-12(20)7-16(13)27-17(21)22/h1-9,15,17H,(H,23,24,25). The van der Waals surface area contributed by atoms with Crippen molar-refractivity contribution in [2.45, 2.75) is 12.7 Å². The van der Waals surface area contributed by atoms with E-state index in [4.69, 9.17) is 23.2 Å². The van der Waals surface area contributed by atoms with Gasteiger partial charge in [-0.3, -0.25) is 0 Å². The van der Waals surface area contributed by atoms with Gasteiger partial charge in [-0.05, 0) is 42.0 Å². The Labute approximate surface area is 163 Å². The van der Waals surface area contributed by atoms with E-state index >= 15 is 0 Å². The first-order valence-corrected chi connectivity index (χ1v) is 8.65. The van der Waals surface area contributed by atoms with Crippen LogP contribution in [0.15, 0.2) is 54.9 Å². The molecule has 0 saturated carbocycles. The molecule has 1 atom stereocenters. The minimum absolute atomic E-state index is 0.0286. The Morgan fingerprint density at radius 2 is 1.81 bits per heavy atom. The van der Waals surface area contributed by atoms with Crippen molar-refractivity contribution in [2.75, 3.05) is 5.32 Å². The van der Waals surface area contributed by atoms with Gasteiger partial charge in [0, 0.05) is 15.6 Å². The Morgan fingerprint density at radius 1 is 1.07 bits per heavy atom. The number of alkyl halides is 2. The van der Waals surface area contributed by atoms with Gasteiger partial charge in [-0.1, -0.05) is 35.3 Å². The van der Waals surface area contributed by atoms with Crippen LogP contribution in [0, 0.1) is 0 Å². The quantitative estimate of drug-likeness (QED) is 0.640. The number of allylic oxidation sites excluding steroid dienone is 1. The van der Waals surface area contributed by atoms with Gasteiger partial charge >= 0.3 is 6.61 Å². The number of nitrogens with one attached hydrogen (secondary N) is 1. The molecule has 4 rings (SSSR count). The molecule has 27 heavy (non-hydrogen) atoms. The molecule has 2 heterocycles. The molecule has 0 fully saturated rings. The molecule has 0 aliphatic carbocycles. The Balaban J connectivity index is 1.81. The number of ether oxygens (including phenoxy) is 1. The van der Waals surface area contributed by atoms with Crippen LogP contribution in [-0.2, 0) is 0 Å². The smallest absolute Gasteiger partial charge is 0.387 e. The molecule has 3 aromatic rings. The van der Waals surface area contributed by atoms with Gasteiger partial charge in [0.15, 0.2) is 0 Å². The molecular formula is C18H12Cl2F2N4O. The van der Waals surface area contributed by atoms with Crippen LogP contribution in [0.2, 0.25) is 10.0 Å². The lowest BCUT2D eigenvalue weighted by molar-refractivity contribution is -0.0500. The lowest BCUT2D eigenvalue weighted by atomic mass is 10.0. The van der Waals surface area contributed by atoms with E-state index in [0.717, 1.165) is 5.56 Å². The molecule has 2 aromatic carbocycles. The van der Waals surface area contributed by atoms with Crippen molar-refractivity contribution in [3.05, 3.63) is 76.0 Å². The van der Waals surface area contributed by atoms with E-state index < -0.39 is 6.61 Å². The highest BCUT2D eigenvalue weighted by Crippen LogP contribution is 2.37. The number of nitrogens with zero attached hydrogens (tertiary/aromatic N) is 3. The summed E-state index contributed by atoms with van der Waals surface area (Å²) in [6, 6.07) is 11.6. The van der Waals surface area contributed by atoms with Gasteiger partial charge < -0.3 is 10.1 Å². The lowest BCUT2D eigenvalue weighted by Crippen LogP contribution is -2.20. The summed E-state index contributed by atoms with van der Waals surface area (Å²) in [5.41, 5.74) is 1.91. The van der Waals surface area contributed by atoms with Crippen LogP contribution in [0.3, 0.4) is 0 Å². The van der Waals surface area contributed by atoms with Crippen molar-refractivity contribution in [1.29, 1.82) is 0 Å². The average Bonchev–Trinajstić information content (AvgIpc) is 3.10. The predicted molar refractivity (Wildman–Crippen MR) is 99.3 cm³/mol. The molecule has 1 unspecified atom stereocenters. The maximum atomic E-state index is 12.8. The first-order valence-electron chi connectivity index (χ1n) is 7.90. The lowest BCUT2D eigenvalue weighted by Gasteiger charge is -2.25. The molecule has 1 aliphatic heterocycles. The number of aromatic nitrogens is 3. The molecular weight excluding hydrogens is 397 g/mol. The number of hydrogen-bond donors (Lipinski definition) is 1. The van der Waals surface area contributed by atoms with Gasteiger partial charge in [-0.15, -0.1) is 0 Å². The van der Waals surface area contributed by atoms with Crippen LogP contribution in [0.25, 0.3) is 5.70 Å². The summed E-state index contributed by atoms with van der Waals surface area (Å²) in [6.45, 7) is -2.97. The van der Waals surface area contributed by atoms with E-state index in [1.807, 2.05) is 18.2 Å². The molecule has 9 heteroatoms. The minimum atomic E-state index is -2.97. The second kappa shape index (κ2) is 7.17. The number of rotatable bonds is 4. The molecule has 1 N–H and O–H groups in total. The van der Waals surface area contributed by atoms with E-state index in [1.54, 1.807) is 28.9 Å². The summed E-state index contributed by atoms with van der Waals surface area (Å²) >= 11 is 11.9. The van der Waals surface area contributed by atoms with Gasteiger partial charge in [-0.25, -0.2) is 4.68 Å². The number of fused-ring (bicyclic) bond motifs is 1. The number of benzene rings is 2. The van der Waals surface area contributed by atoms with Crippen LogP contribution in [0.1, 0.15) is 17.2 Å². The molecule has 1 aliphatic rings. The fourth-order valence-electron chi connectivity index (χ4n) is 2.90. The summed E-state index contributed by atoms with van der Waals surface area (Å²) in [6.07, 6.45) is 3.27. The molecule has 1 aromatic heterocycles. The average molecular weight is 409 g/mol. The summed E-state index contributed by atoms with van der Waals surface area (Å²) in [5, 5.41) is 8.24. The van der Waals surface area contributed by atoms with E-state index in [9.17, 15) is 8.78 Å². The van der Waals surface area contributed by atoms with Gasteiger partial charge in [0.05, 0.1) is 5.70 Å². The topological polar surface area (TPSA) is 52.0 Å². The van der Waals surface area contributed by atoms with Crippen LogP contribution < -0.4 is 10.1 Å². The second-order valence-electron chi connectivity index (χ2n) is 5.75. The molecule has 0 bridgehead atoms. The monoisotopic (exact) mass is 408 g/mol. The highest BCUT2D eigenvalue weighted by molar-refractivity contribution is 6.31. The van der Waals surface area contributed by atoms with Gasteiger partial charge in [0.25, 0.3) is 0 Å². The molecule has 5 nitrogen and oxygen atoms in total. The molecule has 0 spiro atoms. The Kier molecular flexibility index (Phi) is 4.72. The number of anilines is 1. The van der Waals surface area contributed by atoms with E-state index in [1.165, 1.54) is 12.4 Å². The van der Waals surface area contributed by atoms with Crippen molar-refractivity contribution >= 4 is 34.8 Å². The van der Waals surface area contributed by atoms with Crippen molar-refractivity contribution in [3.63, 3.8) is 0 Å². The fourth-order valence-corrected chi connectivity index (χ4v) is 3.19. The van der Waals surface area contributed by atoms with Crippen LogP contribution >= 0.6 is 23.2 Å². The summed E-state index contributed by atoms with van der Waals surface area (Å²) in [7, 11) is 0. The van der Waals surface area contributed by atoms with Gasteiger partial charge in [-0.2, -0.15) is 18.9 Å². The highest BCUT2D eigenvalue weighted by atomic mass is 35.5. The zero-order chi connectivity index (χ0) is 19.0. The summed E-state index contributed by atoms with van der Waals surface area (Å²) < 4.78 is 32.0. The Morgan fingerprint density at radius 3 is 2.56 bits per heavy atom. The normalized spacial score (nSPS) is 15.9. The first kappa shape index (κ1) is 17.8. The van der Waals surface area contributed by atoms with Crippen LogP contribution in [-0.4, -0.2) is 21.4 Å². The third-order valence-electron chi connectivity index (χ3n) is 4.07. The largest absolute Gasteiger partial charge is 0.434 e. The Bertz CT molecular complexity index is 1000. The minimum Gasteiger partial charge on any atom is -0.434 e. The van der Waals surface area contributed by atoms with Crippen molar-refractivity contribution in [2.24, 2.45) is 0 Å². The number of halogens is 4. The third-order valence-corrected chi connectivity index (χ3v) is 4.56. The SMILES string of the molecule is FC(F)Oc1cc(Cl)ccc1C1=CC(c2ccc(Cl)cc2)n2ncnc2N1. The molecule has 0 saturated heterocycles. The van der Waals surface area contributed by atoms with E-state index in [0.29, 0.717) is 27.3 Å². The van der Waals surface area contributed by atoms with Gasteiger partial charge in [0.1, 0.15) is 18.1 Å². The van der Waals surface area contributed by atoms with E-state index in [-0.39, 0.29) is 11.8 Å². The maximum absolute atomic E-state index is 12.8. The maximum Gasteiger partial charge on any atom is 0.387 e. The summed E-state index contributed by atoms with van der Waals surface area (Å²) in [4.78, 5) is 4.19. The van der Waals surface area contributed by atoms with Crippen LogP contribution in [0.4, 0.5) is 14.7 Å². The summed E-state index contributed by atoms with van der Waals surface area (Å²) in [5.74, 6) is 0.449. The number of hydrogen-bond acceptors (Lipinski definition) is 4. The fraction of sp³-hybridized carbons (Fsp3) is 0.111. The first-order chi connectivity index (χ1) is 13.0. The van der Waals surface area contributed by atoms with Gasteiger partial charge in [0.2, 0.25) is 5.95 Å². The molecule has 138 valence electrons. The Hall–Kier alpha value is -2.64. The second-order valence-corrected chi connectivity index (χ2v) is 6.62. The van der Waals surface area contributed by atoms with E-state index in [2.05, 4.69) is 20.1 Å². The third kappa shape index (κ3) is 3.61. The van der Waals surface area contributed by atoms with Crippen molar-refractivity contribution in [3.8, 4) is 5.75 Å². The van der Waals surface area contributed by atoms with Crippen molar-refractivity contribution < 1.29 is 13.5 Å². The molecule has 0 radical (unpaired) electrons. The predicted octanol–water partition coefficient (Wildman–Crippen LogP) is 5.24. The zero-order valence-corrected chi connectivity index (χ0v) is 15.1. The highest BCUT2D eigenvalue weighted by Gasteiger charge is 2.25. The van der Waals surface area contributed by atoms with Crippen molar-refractivity contribution in [1.82, 2.24) is 14.8 Å². The molecule has 0 amide bonds.